The minimum absolute atomic E-state index is 0.0786. The number of ether oxygens (including phenoxy) is 2. The molecule has 1 aromatic heterocycles. The molecule has 1 aromatic carbocycles. The van der Waals surface area contributed by atoms with Crippen LogP contribution < -0.4 is 14.8 Å². The van der Waals surface area contributed by atoms with Crippen LogP contribution in [-0.4, -0.2) is 42.5 Å². The van der Waals surface area contributed by atoms with Crippen molar-refractivity contribution in [3.05, 3.63) is 53.3 Å². The second-order valence-electron chi connectivity index (χ2n) is 7.57. The zero-order valence-corrected chi connectivity index (χ0v) is 16.7. The van der Waals surface area contributed by atoms with Crippen LogP contribution in [0.25, 0.3) is 0 Å². The molecule has 2 aliphatic rings. The smallest absolute Gasteiger partial charge is 0.238 e. The molecule has 2 heterocycles. The third-order valence-electron chi connectivity index (χ3n) is 5.80. The molecule has 2 aromatic rings. The molecule has 29 heavy (non-hydrogen) atoms. The summed E-state index contributed by atoms with van der Waals surface area (Å²) in [6.07, 6.45) is 5.31. The van der Waals surface area contributed by atoms with E-state index in [4.69, 9.17) is 9.47 Å². The van der Waals surface area contributed by atoms with Gasteiger partial charge >= 0.3 is 0 Å². The Kier molecular flexibility index (Phi) is 5.13. The van der Waals surface area contributed by atoms with Gasteiger partial charge in [-0.25, -0.2) is 0 Å². The van der Waals surface area contributed by atoms with Gasteiger partial charge in [-0.2, -0.15) is 0 Å². The van der Waals surface area contributed by atoms with Crippen LogP contribution in [0, 0.1) is 5.41 Å². The lowest BCUT2D eigenvalue weighted by Gasteiger charge is -2.32. The fraction of sp³-hybridized carbons (Fsp3) is 0.409. The van der Waals surface area contributed by atoms with Crippen LogP contribution >= 0.6 is 0 Å². The molecule has 0 atom stereocenters. The topological polar surface area (TPSA) is 80.8 Å². The fourth-order valence-electron chi connectivity index (χ4n) is 3.87. The van der Waals surface area contributed by atoms with Crippen molar-refractivity contribution in [2.24, 2.45) is 5.41 Å². The monoisotopic (exact) mass is 395 g/mol. The number of carbonyl (C=O) groups is 2. The van der Waals surface area contributed by atoms with Gasteiger partial charge in [0, 0.05) is 32.0 Å². The third-order valence-corrected chi connectivity index (χ3v) is 5.80. The molecule has 2 amide bonds. The van der Waals surface area contributed by atoms with Crippen LogP contribution in [0.2, 0.25) is 0 Å². The fourth-order valence-corrected chi connectivity index (χ4v) is 3.87. The SMILES string of the molecule is COc1cc2c(cc1OC)CN(C(=O)C1(C(=O)NCc3ccncc3)CC1)CC2. The van der Waals surface area contributed by atoms with Gasteiger partial charge in [-0.15, -0.1) is 0 Å². The average Bonchev–Trinajstić information content (AvgIpc) is 3.58. The van der Waals surface area contributed by atoms with Crippen LogP contribution in [-0.2, 0) is 29.1 Å². The first-order valence-corrected chi connectivity index (χ1v) is 9.78. The number of methoxy groups -OCH3 is 2. The average molecular weight is 395 g/mol. The number of carbonyl (C=O) groups excluding carboxylic acids is 2. The molecule has 1 aliphatic heterocycles. The van der Waals surface area contributed by atoms with E-state index in [1.54, 1.807) is 31.5 Å². The quantitative estimate of drug-likeness (QED) is 0.758. The number of nitrogens with zero attached hydrogens (tertiary/aromatic N) is 2. The molecular weight excluding hydrogens is 370 g/mol. The van der Waals surface area contributed by atoms with Crippen molar-refractivity contribution in [3.63, 3.8) is 0 Å². The number of rotatable bonds is 6. The lowest BCUT2D eigenvalue weighted by Crippen LogP contribution is -2.46. The van der Waals surface area contributed by atoms with Gasteiger partial charge in [0.05, 0.1) is 14.2 Å². The molecule has 7 heteroatoms. The van der Waals surface area contributed by atoms with Crippen molar-refractivity contribution in [2.45, 2.75) is 32.4 Å². The van der Waals surface area contributed by atoms with E-state index < -0.39 is 5.41 Å². The summed E-state index contributed by atoms with van der Waals surface area (Å²) in [7, 11) is 3.21. The minimum Gasteiger partial charge on any atom is -0.493 e. The number of nitrogens with one attached hydrogen (secondary N) is 1. The van der Waals surface area contributed by atoms with Crippen molar-refractivity contribution < 1.29 is 19.1 Å². The summed E-state index contributed by atoms with van der Waals surface area (Å²) in [5.41, 5.74) is 2.24. The van der Waals surface area contributed by atoms with Crippen LogP contribution in [0.3, 0.4) is 0 Å². The predicted molar refractivity (Wildman–Crippen MR) is 106 cm³/mol. The van der Waals surface area contributed by atoms with Crippen LogP contribution in [0.15, 0.2) is 36.7 Å². The minimum atomic E-state index is -0.916. The van der Waals surface area contributed by atoms with Gasteiger partial charge in [0.1, 0.15) is 5.41 Å². The van der Waals surface area contributed by atoms with E-state index in [2.05, 4.69) is 10.3 Å². The molecule has 152 valence electrons. The molecule has 4 rings (SSSR count). The molecule has 7 nitrogen and oxygen atoms in total. The largest absolute Gasteiger partial charge is 0.493 e. The second-order valence-corrected chi connectivity index (χ2v) is 7.57. The highest BCUT2D eigenvalue weighted by atomic mass is 16.5. The lowest BCUT2D eigenvalue weighted by molar-refractivity contribution is -0.145. The standard InChI is InChI=1S/C22H25N3O4/c1-28-18-11-16-5-10-25(14-17(16)12-19(18)29-2)21(27)22(6-7-22)20(26)24-13-15-3-8-23-9-4-15/h3-4,8-9,11-12H,5-7,10,13-14H2,1-2H3,(H,24,26). The maximum Gasteiger partial charge on any atom is 0.238 e. The highest BCUT2D eigenvalue weighted by Gasteiger charge is 2.58. The van der Waals surface area contributed by atoms with Crippen molar-refractivity contribution in [3.8, 4) is 11.5 Å². The summed E-state index contributed by atoms with van der Waals surface area (Å²) in [5.74, 6) is 1.08. The summed E-state index contributed by atoms with van der Waals surface area (Å²) in [6, 6.07) is 7.61. The van der Waals surface area contributed by atoms with E-state index >= 15 is 0 Å². The second kappa shape index (κ2) is 7.73. The Labute approximate surface area is 170 Å². The van der Waals surface area contributed by atoms with Crippen molar-refractivity contribution in [2.75, 3.05) is 20.8 Å². The highest BCUT2D eigenvalue weighted by Crippen LogP contribution is 2.48. The van der Waals surface area contributed by atoms with E-state index in [0.717, 1.165) is 23.1 Å². The van der Waals surface area contributed by atoms with Crippen LogP contribution in [0.5, 0.6) is 11.5 Å². The maximum absolute atomic E-state index is 13.2. The normalized spacial score (nSPS) is 16.6. The van der Waals surface area contributed by atoms with Gasteiger partial charge < -0.3 is 19.7 Å². The molecule has 1 aliphatic carbocycles. The molecule has 1 fully saturated rings. The highest BCUT2D eigenvalue weighted by molar-refractivity contribution is 6.07. The van der Waals surface area contributed by atoms with E-state index in [1.807, 2.05) is 24.3 Å². The summed E-state index contributed by atoms with van der Waals surface area (Å²) in [5, 5.41) is 2.92. The van der Waals surface area contributed by atoms with Gasteiger partial charge in [0.2, 0.25) is 11.8 Å². The summed E-state index contributed by atoms with van der Waals surface area (Å²) >= 11 is 0. The molecule has 0 saturated heterocycles. The molecule has 0 bridgehead atoms. The number of benzene rings is 1. The number of hydrogen-bond acceptors (Lipinski definition) is 5. The Morgan fingerprint density at radius 2 is 1.76 bits per heavy atom. The number of pyridine rings is 1. The van der Waals surface area contributed by atoms with Gasteiger partial charge in [-0.1, -0.05) is 0 Å². The van der Waals surface area contributed by atoms with Crippen molar-refractivity contribution in [1.82, 2.24) is 15.2 Å². The van der Waals surface area contributed by atoms with Gasteiger partial charge in [-0.05, 0) is 60.2 Å². The van der Waals surface area contributed by atoms with E-state index in [-0.39, 0.29) is 11.8 Å². The van der Waals surface area contributed by atoms with Crippen molar-refractivity contribution >= 4 is 11.8 Å². The number of amides is 2. The van der Waals surface area contributed by atoms with E-state index in [0.29, 0.717) is 44.0 Å². The molecule has 1 saturated carbocycles. The maximum atomic E-state index is 13.2. The third kappa shape index (κ3) is 3.64. The first-order valence-electron chi connectivity index (χ1n) is 9.78. The Balaban J connectivity index is 1.45. The molecule has 1 N–H and O–H groups in total. The van der Waals surface area contributed by atoms with E-state index in [9.17, 15) is 9.59 Å². The van der Waals surface area contributed by atoms with Gasteiger partial charge in [0.15, 0.2) is 11.5 Å². The number of hydrogen-bond donors (Lipinski definition) is 1. The number of aromatic nitrogens is 1. The first kappa shape index (κ1) is 19.2. The molecule has 0 radical (unpaired) electrons. The Hall–Kier alpha value is -3.09. The molecule has 0 unspecified atom stereocenters. The van der Waals surface area contributed by atoms with Crippen LogP contribution in [0.1, 0.15) is 29.5 Å². The van der Waals surface area contributed by atoms with Crippen LogP contribution in [0.4, 0.5) is 0 Å². The van der Waals surface area contributed by atoms with Gasteiger partial charge in [-0.3, -0.25) is 14.6 Å². The number of fused-ring (bicyclic) bond motifs is 1. The van der Waals surface area contributed by atoms with E-state index in [1.165, 1.54) is 0 Å². The summed E-state index contributed by atoms with van der Waals surface area (Å²) in [6.45, 7) is 1.48. The summed E-state index contributed by atoms with van der Waals surface area (Å²) in [4.78, 5) is 31.8. The predicted octanol–water partition coefficient (Wildman–Crippen LogP) is 2.08. The lowest BCUT2D eigenvalue weighted by atomic mass is 9.96. The Bertz CT molecular complexity index is 925. The molecule has 0 spiro atoms. The zero-order chi connectivity index (χ0) is 20.4. The van der Waals surface area contributed by atoms with Crippen molar-refractivity contribution in [1.29, 1.82) is 0 Å². The Morgan fingerprint density at radius 3 is 2.38 bits per heavy atom. The van der Waals surface area contributed by atoms with Gasteiger partial charge in [0.25, 0.3) is 0 Å². The summed E-state index contributed by atoms with van der Waals surface area (Å²) < 4.78 is 10.8. The zero-order valence-electron chi connectivity index (χ0n) is 16.7. The molecular formula is C22H25N3O4. The Morgan fingerprint density at radius 1 is 1.10 bits per heavy atom. The first-order chi connectivity index (χ1) is 14.1.